The molecular formula is C24H36O5. The molecule has 4 fully saturated rings. The van der Waals surface area contributed by atoms with E-state index in [0.717, 1.165) is 31.4 Å². The number of fused-ring (bicyclic) bond motifs is 5. The number of hydrogen-bond acceptors (Lipinski definition) is 5. The van der Waals surface area contributed by atoms with Crippen LogP contribution in [0.15, 0.2) is 23.0 Å². The summed E-state index contributed by atoms with van der Waals surface area (Å²) in [5, 5.41) is 22.5. The predicted molar refractivity (Wildman–Crippen MR) is 109 cm³/mol. The fraction of sp³-hybridized carbons (Fsp3) is 0.833. The SMILES string of the molecule is COC(C)=C1CC[C@H]2[C@@H]3CC=C4CC5(OCCO5)C(O)C(O)[C@]4(C)[C@H]3CC[C@]12C. The topological polar surface area (TPSA) is 68.2 Å². The fourth-order valence-electron chi connectivity index (χ4n) is 7.97. The Labute approximate surface area is 174 Å². The molecule has 0 aromatic carbocycles. The highest BCUT2D eigenvalue weighted by Gasteiger charge is 2.65. The summed E-state index contributed by atoms with van der Waals surface area (Å²) < 4.78 is 17.3. The summed E-state index contributed by atoms with van der Waals surface area (Å²) in [6.07, 6.45) is 6.61. The van der Waals surface area contributed by atoms with Crippen molar-refractivity contribution in [3.63, 3.8) is 0 Å². The van der Waals surface area contributed by atoms with Gasteiger partial charge in [0.2, 0.25) is 5.79 Å². The molecule has 1 saturated heterocycles. The Morgan fingerprint density at radius 1 is 1.10 bits per heavy atom. The quantitative estimate of drug-likeness (QED) is 0.517. The second-order valence-corrected chi connectivity index (χ2v) is 10.4. The van der Waals surface area contributed by atoms with Gasteiger partial charge in [-0.2, -0.15) is 0 Å². The molecule has 0 aromatic heterocycles. The van der Waals surface area contributed by atoms with E-state index < -0.39 is 23.4 Å². The molecule has 162 valence electrons. The van der Waals surface area contributed by atoms with E-state index in [-0.39, 0.29) is 5.41 Å². The summed E-state index contributed by atoms with van der Waals surface area (Å²) in [6, 6.07) is 0. The molecular weight excluding hydrogens is 368 g/mol. The van der Waals surface area contributed by atoms with Crippen molar-refractivity contribution in [1.82, 2.24) is 0 Å². The Hall–Kier alpha value is -0.880. The predicted octanol–water partition coefficient (Wildman–Crippen LogP) is 3.55. The number of hydrogen-bond donors (Lipinski definition) is 2. The van der Waals surface area contributed by atoms with Gasteiger partial charge in [0.15, 0.2) is 0 Å². The molecule has 5 heteroatoms. The second-order valence-electron chi connectivity index (χ2n) is 10.4. The van der Waals surface area contributed by atoms with Crippen molar-refractivity contribution in [2.75, 3.05) is 20.3 Å². The van der Waals surface area contributed by atoms with Crippen LogP contribution < -0.4 is 0 Å². The number of methoxy groups -OCH3 is 1. The van der Waals surface area contributed by atoms with E-state index in [1.807, 2.05) is 0 Å². The Balaban J connectivity index is 1.51. The molecule has 0 bridgehead atoms. The molecule has 1 aliphatic heterocycles. The van der Waals surface area contributed by atoms with E-state index in [4.69, 9.17) is 14.2 Å². The molecule has 0 aromatic rings. The molecule has 1 heterocycles. The number of aliphatic hydroxyl groups is 2. The van der Waals surface area contributed by atoms with Gasteiger partial charge in [0.25, 0.3) is 0 Å². The summed E-state index contributed by atoms with van der Waals surface area (Å²) >= 11 is 0. The van der Waals surface area contributed by atoms with Gasteiger partial charge in [-0.1, -0.05) is 25.5 Å². The van der Waals surface area contributed by atoms with Crippen molar-refractivity contribution in [3.05, 3.63) is 23.0 Å². The van der Waals surface area contributed by atoms with Gasteiger partial charge in [-0.25, -0.2) is 0 Å². The van der Waals surface area contributed by atoms with Crippen LogP contribution in [0.5, 0.6) is 0 Å². The van der Waals surface area contributed by atoms with Gasteiger partial charge in [-0.3, -0.25) is 0 Å². The van der Waals surface area contributed by atoms with Gasteiger partial charge in [-0.15, -0.1) is 0 Å². The normalized spacial score (nSPS) is 49.9. The minimum Gasteiger partial charge on any atom is -0.501 e. The monoisotopic (exact) mass is 404 g/mol. The van der Waals surface area contributed by atoms with Crippen LogP contribution in [0.3, 0.4) is 0 Å². The Kier molecular flexibility index (Phi) is 4.53. The van der Waals surface area contributed by atoms with Crippen LogP contribution >= 0.6 is 0 Å². The van der Waals surface area contributed by atoms with Crippen molar-refractivity contribution in [2.45, 2.75) is 77.3 Å². The van der Waals surface area contributed by atoms with E-state index in [9.17, 15) is 10.2 Å². The highest BCUT2D eigenvalue weighted by molar-refractivity contribution is 5.33. The summed E-state index contributed by atoms with van der Waals surface area (Å²) in [7, 11) is 1.78. The lowest BCUT2D eigenvalue weighted by Crippen LogP contribution is -2.65. The number of allylic oxidation sites excluding steroid dienone is 3. The fourth-order valence-corrected chi connectivity index (χ4v) is 7.97. The maximum absolute atomic E-state index is 11.4. The Bertz CT molecular complexity index is 750. The first-order valence-corrected chi connectivity index (χ1v) is 11.4. The van der Waals surface area contributed by atoms with Gasteiger partial charge in [0.1, 0.15) is 6.10 Å². The van der Waals surface area contributed by atoms with Crippen molar-refractivity contribution in [1.29, 1.82) is 0 Å². The molecule has 2 unspecified atom stereocenters. The van der Waals surface area contributed by atoms with Crippen LogP contribution in [0.25, 0.3) is 0 Å². The first-order valence-electron chi connectivity index (χ1n) is 11.4. The average Bonchev–Trinajstić information content (AvgIpc) is 3.32. The number of ether oxygens (including phenoxy) is 3. The average molecular weight is 405 g/mol. The maximum Gasteiger partial charge on any atom is 0.201 e. The van der Waals surface area contributed by atoms with E-state index >= 15 is 0 Å². The number of aliphatic hydroxyl groups excluding tert-OH is 2. The van der Waals surface area contributed by atoms with Crippen LogP contribution in [0, 0.1) is 28.6 Å². The molecule has 0 amide bonds. The molecule has 0 radical (unpaired) electrons. The molecule has 5 aliphatic rings. The highest BCUT2D eigenvalue weighted by atomic mass is 16.7. The van der Waals surface area contributed by atoms with Crippen molar-refractivity contribution >= 4 is 0 Å². The van der Waals surface area contributed by atoms with Crippen LogP contribution in [0.1, 0.15) is 59.3 Å². The molecule has 3 saturated carbocycles. The molecule has 5 nitrogen and oxygen atoms in total. The Morgan fingerprint density at radius 3 is 2.52 bits per heavy atom. The zero-order chi connectivity index (χ0) is 20.6. The van der Waals surface area contributed by atoms with Crippen LogP contribution in [0.4, 0.5) is 0 Å². The van der Waals surface area contributed by atoms with Gasteiger partial charge in [0, 0.05) is 11.8 Å². The lowest BCUT2D eigenvalue weighted by Gasteiger charge is -2.60. The minimum absolute atomic E-state index is 0.195. The molecule has 5 rings (SSSR count). The lowest BCUT2D eigenvalue weighted by molar-refractivity contribution is -0.277. The largest absolute Gasteiger partial charge is 0.501 e. The maximum atomic E-state index is 11.4. The summed E-state index contributed by atoms with van der Waals surface area (Å²) in [4.78, 5) is 0. The first kappa shape index (κ1) is 20.0. The number of rotatable bonds is 1. The van der Waals surface area contributed by atoms with E-state index in [0.29, 0.717) is 37.4 Å². The standard InChI is InChI=1S/C24H36O5/c1-14(27-4)17-7-8-18-16-6-5-15-13-24(28-11-12-29-24)21(26)20(25)23(15,3)19(16)9-10-22(17,18)2/h5,16,18-21,25-26H,6-13H2,1-4H3/t16-,18-,19-,20?,21?,22+,23-/m0/s1. The van der Waals surface area contributed by atoms with Crippen LogP contribution in [0.2, 0.25) is 0 Å². The minimum atomic E-state index is -1.06. The van der Waals surface area contributed by atoms with E-state index in [2.05, 4.69) is 26.8 Å². The summed E-state index contributed by atoms with van der Waals surface area (Å²) in [5.41, 5.74) is 2.51. The molecule has 2 N–H and O–H groups in total. The third kappa shape index (κ3) is 2.48. The third-order valence-electron chi connectivity index (χ3n) is 9.63. The Morgan fingerprint density at radius 2 is 1.83 bits per heavy atom. The van der Waals surface area contributed by atoms with E-state index in [1.165, 1.54) is 17.6 Å². The van der Waals surface area contributed by atoms with Gasteiger partial charge in [-0.05, 0) is 67.8 Å². The second kappa shape index (κ2) is 6.56. The third-order valence-corrected chi connectivity index (χ3v) is 9.63. The van der Waals surface area contributed by atoms with Crippen molar-refractivity contribution in [3.8, 4) is 0 Å². The molecule has 7 atom stereocenters. The smallest absolute Gasteiger partial charge is 0.201 e. The zero-order valence-corrected chi connectivity index (χ0v) is 18.2. The molecule has 4 aliphatic carbocycles. The van der Waals surface area contributed by atoms with Crippen molar-refractivity contribution < 1.29 is 24.4 Å². The molecule has 1 spiro atoms. The van der Waals surface area contributed by atoms with Gasteiger partial charge >= 0.3 is 0 Å². The van der Waals surface area contributed by atoms with E-state index in [1.54, 1.807) is 7.11 Å². The van der Waals surface area contributed by atoms with Crippen LogP contribution in [-0.4, -0.2) is 48.5 Å². The first-order chi connectivity index (χ1) is 13.8. The summed E-state index contributed by atoms with van der Waals surface area (Å²) in [6.45, 7) is 7.68. The molecule has 29 heavy (non-hydrogen) atoms. The highest BCUT2D eigenvalue weighted by Crippen LogP contribution is 2.67. The van der Waals surface area contributed by atoms with Crippen molar-refractivity contribution in [2.24, 2.45) is 28.6 Å². The van der Waals surface area contributed by atoms with Gasteiger partial charge < -0.3 is 24.4 Å². The lowest BCUT2D eigenvalue weighted by atomic mass is 9.46. The summed E-state index contributed by atoms with van der Waals surface area (Å²) in [5.74, 6) is 1.56. The van der Waals surface area contributed by atoms with Crippen LogP contribution in [-0.2, 0) is 14.2 Å². The zero-order valence-electron chi connectivity index (χ0n) is 18.2. The van der Waals surface area contributed by atoms with Gasteiger partial charge in [0.05, 0.1) is 32.2 Å².